The molecule has 33 heavy (non-hydrogen) atoms. The van der Waals surface area contributed by atoms with Crippen LogP contribution in [-0.4, -0.2) is 31.4 Å². The zero-order valence-corrected chi connectivity index (χ0v) is 20.0. The van der Waals surface area contributed by atoms with E-state index in [1.807, 2.05) is 0 Å². The Balaban J connectivity index is 1.82. The van der Waals surface area contributed by atoms with E-state index in [4.69, 9.17) is 34.8 Å². The molecule has 3 aromatic carbocycles. The zero-order valence-electron chi connectivity index (χ0n) is 16.9. The van der Waals surface area contributed by atoms with Crippen molar-refractivity contribution in [2.24, 2.45) is 5.10 Å². The van der Waals surface area contributed by atoms with E-state index in [-0.39, 0.29) is 16.5 Å². The molecule has 0 heterocycles. The molecule has 0 unspecified atom stereocenters. The van der Waals surface area contributed by atoms with Crippen molar-refractivity contribution in [1.82, 2.24) is 9.73 Å². The highest BCUT2D eigenvalue weighted by molar-refractivity contribution is 7.89. The zero-order chi connectivity index (χ0) is 24.0. The predicted molar refractivity (Wildman–Crippen MR) is 128 cm³/mol. The molecule has 0 bridgehead atoms. The number of amides is 1. The van der Waals surface area contributed by atoms with E-state index in [9.17, 15) is 17.6 Å². The van der Waals surface area contributed by atoms with Crippen molar-refractivity contribution in [3.05, 3.63) is 98.7 Å². The Kier molecular flexibility index (Phi) is 8.45. The van der Waals surface area contributed by atoms with Crippen LogP contribution in [0, 0.1) is 5.82 Å². The normalized spacial score (nSPS) is 11.8. The minimum absolute atomic E-state index is 0.0420. The Labute approximate surface area is 205 Å². The Morgan fingerprint density at radius 2 is 1.61 bits per heavy atom. The summed E-state index contributed by atoms with van der Waals surface area (Å²) in [5.74, 6) is -1.09. The highest BCUT2D eigenvalue weighted by atomic mass is 35.5. The molecule has 0 spiro atoms. The lowest BCUT2D eigenvalue weighted by molar-refractivity contribution is -0.121. The lowest BCUT2D eigenvalue weighted by Gasteiger charge is -2.22. The van der Waals surface area contributed by atoms with Crippen LogP contribution in [0.5, 0.6) is 0 Å². The van der Waals surface area contributed by atoms with Gasteiger partial charge in [0.2, 0.25) is 10.0 Å². The van der Waals surface area contributed by atoms with Crippen LogP contribution in [0.2, 0.25) is 15.1 Å². The first-order valence-electron chi connectivity index (χ1n) is 9.42. The molecular formula is C22H17Cl3FN3O3S. The molecule has 0 aliphatic heterocycles. The van der Waals surface area contributed by atoms with Crippen LogP contribution in [0.4, 0.5) is 4.39 Å². The van der Waals surface area contributed by atoms with Gasteiger partial charge in [0.1, 0.15) is 5.82 Å². The summed E-state index contributed by atoms with van der Waals surface area (Å²) in [6.07, 6.45) is 1.31. The van der Waals surface area contributed by atoms with Crippen LogP contribution < -0.4 is 5.43 Å². The van der Waals surface area contributed by atoms with Gasteiger partial charge < -0.3 is 0 Å². The monoisotopic (exact) mass is 527 g/mol. The maximum atomic E-state index is 13.2. The van der Waals surface area contributed by atoms with Crippen LogP contribution in [0.15, 0.2) is 76.7 Å². The summed E-state index contributed by atoms with van der Waals surface area (Å²) in [4.78, 5) is 12.5. The molecule has 0 radical (unpaired) electrons. The number of nitrogens with zero attached hydrogens (tertiary/aromatic N) is 2. The number of hydrogen-bond acceptors (Lipinski definition) is 4. The first-order valence-corrected chi connectivity index (χ1v) is 12.0. The molecule has 0 atom stereocenters. The maximum Gasteiger partial charge on any atom is 0.255 e. The third kappa shape index (κ3) is 6.99. The Bertz CT molecular complexity index is 1270. The standard InChI is InChI=1S/C22H17Cl3FN3O3S/c23-17-5-9-20(10-6-17)33(31,32)29(13-16-3-4-18(24)11-21(16)25)14-22(30)28-27-12-15-1-7-19(26)8-2-15/h1-12H,13-14H2,(H,28,30)/b27-12-. The lowest BCUT2D eigenvalue weighted by Crippen LogP contribution is -2.39. The molecule has 0 saturated heterocycles. The van der Waals surface area contributed by atoms with Crippen LogP contribution in [0.3, 0.4) is 0 Å². The molecular weight excluding hydrogens is 512 g/mol. The Hall–Kier alpha value is -2.49. The quantitative estimate of drug-likeness (QED) is 0.325. The van der Waals surface area contributed by atoms with Crippen molar-refractivity contribution in [2.45, 2.75) is 11.4 Å². The van der Waals surface area contributed by atoms with Gasteiger partial charge in [-0.3, -0.25) is 4.79 Å². The molecule has 172 valence electrons. The van der Waals surface area contributed by atoms with Gasteiger partial charge in [-0.15, -0.1) is 0 Å². The van der Waals surface area contributed by atoms with Crippen molar-refractivity contribution in [2.75, 3.05) is 6.54 Å². The van der Waals surface area contributed by atoms with Crippen LogP contribution in [0.25, 0.3) is 0 Å². The summed E-state index contributed by atoms with van der Waals surface area (Å²) in [6.45, 7) is -0.721. The topological polar surface area (TPSA) is 78.8 Å². The van der Waals surface area contributed by atoms with Gasteiger partial charge in [-0.05, 0) is 59.7 Å². The van der Waals surface area contributed by atoms with Crippen LogP contribution in [0.1, 0.15) is 11.1 Å². The highest BCUT2D eigenvalue weighted by Crippen LogP contribution is 2.25. The smallest absolute Gasteiger partial charge is 0.255 e. The van der Waals surface area contributed by atoms with E-state index in [1.54, 1.807) is 12.1 Å². The van der Waals surface area contributed by atoms with E-state index in [0.717, 1.165) is 4.31 Å². The molecule has 0 aromatic heterocycles. The summed E-state index contributed by atoms with van der Waals surface area (Å²) < 4.78 is 40.4. The second kappa shape index (κ2) is 11.1. The summed E-state index contributed by atoms with van der Waals surface area (Å²) in [7, 11) is -4.09. The van der Waals surface area contributed by atoms with Gasteiger partial charge in [0.25, 0.3) is 5.91 Å². The molecule has 3 aromatic rings. The Morgan fingerprint density at radius 1 is 0.970 bits per heavy atom. The summed E-state index contributed by atoms with van der Waals surface area (Å²) >= 11 is 18.0. The van der Waals surface area contributed by atoms with Crippen molar-refractivity contribution in [3.8, 4) is 0 Å². The Morgan fingerprint density at radius 3 is 2.24 bits per heavy atom. The van der Waals surface area contributed by atoms with E-state index < -0.39 is 28.3 Å². The average Bonchev–Trinajstić information content (AvgIpc) is 2.76. The van der Waals surface area contributed by atoms with E-state index in [1.165, 1.54) is 60.8 Å². The molecule has 0 aliphatic carbocycles. The fraction of sp³-hybridized carbons (Fsp3) is 0.0909. The second-order valence-corrected chi connectivity index (χ2v) is 10.0. The van der Waals surface area contributed by atoms with Gasteiger partial charge in [0.15, 0.2) is 0 Å². The minimum atomic E-state index is -4.09. The van der Waals surface area contributed by atoms with Gasteiger partial charge in [-0.1, -0.05) is 53.0 Å². The van der Waals surface area contributed by atoms with Crippen LogP contribution >= 0.6 is 34.8 Å². The van der Waals surface area contributed by atoms with Gasteiger partial charge in [-0.2, -0.15) is 9.41 Å². The van der Waals surface area contributed by atoms with Gasteiger partial charge >= 0.3 is 0 Å². The number of hydrogen-bond donors (Lipinski definition) is 1. The van der Waals surface area contributed by atoms with Gasteiger partial charge in [0.05, 0.1) is 17.7 Å². The molecule has 0 saturated carbocycles. The number of carbonyl (C=O) groups is 1. The number of hydrazone groups is 1. The summed E-state index contributed by atoms with van der Waals surface area (Å²) in [6, 6.07) is 15.7. The third-order valence-corrected chi connectivity index (χ3v) is 7.05. The number of halogens is 4. The van der Waals surface area contributed by atoms with Crippen molar-refractivity contribution >= 4 is 56.9 Å². The molecule has 3 rings (SSSR count). The first kappa shape index (κ1) is 25.1. The highest BCUT2D eigenvalue weighted by Gasteiger charge is 2.27. The van der Waals surface area contributed by atoms with Crippen molar-refractivity contribution in [3.63, 3.8) is 0 Å². The van der Waals surface area contributed by atoms with E-state index >= 15 is 0 Å². The largest absolute Gasteiger partial charge is 0.272 e. The molecule has 0 aliphatic rings. The second-order valence-electron chi connectivity index (χ2n) is 6.81. The van der Waals surface area contributed by atoms with Crippen LogP contribution in [-0.2, 0) is 21.4 Å². The molecule has 6 nitrogen and oxygen atoms in total. The fourth-order valence-corrected chi connectivity index (χ4v) is 4.71. The van der Waals surface area contributed by atoms with Crippen molar-refractivity contribution in [1.29, 1.82) is 0 Å². The summed E-state index contributed by atoms with van der Waals surface area (Å²) in [5, 5.41) is 4.82. The predicted octanol–water partition coefficient (Wildman–Crippen LogP) is 5.13. The fourth-order valence-electron chi connectivity index (χ4n) is 2.74. The first-order chi connectivity index (χ1) is 15.6. The lowest BCUT2D eigenvalue weighted by atomic mass is 10.2. The molecule has 1 amide bonds. The summed E-state index contributed by atoms with van der Waals surface area (Å²) in [5.41, 5.74) is 3.28. The third-order valence-electron chi connectivity index (χ3n) is 4.41. The number of benzene rings is 3. The van der Waals surface area contributed by atoms with E-state index in [0.29, 0.717) is 21.2 Å². The number of carbonyl (C=O) groups excluding carboxylic acids is 1. The average molecular weight is 529 g/mol. The maximum absolute atomic E-state index is 13.2. The number of nitrogens with one attached hydrogen (secondary N) is 1. The molecule has 11 heteroatoms. The van der Waals surface area contributed by atoms with Gasteiger partial charge in [-0.25, -0.2) is 18.2 Å². The number of sulfonamides is 1. The van der Waals surface area contributed by atoms with Gasteiger partial charge in [0, 0.05) is 21.6 Å². The molecule has 0 fully saturated rings. The number of rotatable bonds is 8. The van der Waals surface area contributed by atoms with E-state index in [2.05, 4.69) is 10.5 Å². The molecule has 1 N–H and O–H groups in total. The van der Waals surface area contributed by atoms with Crippen molar-refractivity contribution < 1.29 is 17.6 Å². The minimum Gasteiger partial charge on any atom is -0.272 e. The SMILES string of the molecule is O=C(CN(Cc1ccc(Cl)cc1Cl)S(=O)(=O)c1ccc(Cl)cc1)N/N=C\c1ccc(F)cc1.